The molecular weight excluding hydrogens is 584 g/mol. The number of benzene rings is 2. The first-order chi connectivity index (χ1) is 16.6. The van der Waals surface area contributed by atoms with Crippen molar-refractivity contribution in [2.24, 2.45) is 5.10 Å². The van der Waals surface area contributed by atoms with Crippen molar-refractivity contribution in [3.05, 3.63) is 50.4 Å². The minimum Gasteiger partial charge on any atom is -0.490 e. The second-order valence-electron chi connectivity index (χ2n) is 7.55. The fraction of sp³-hybridized carbons (Fsp3) is 0.333. The maximum Gasteiger partial charge on any atom is 0.329 e. The largest absolute Gasteiger partial charge is 0.490 e. The zero-order valence-corrected chi connectivity index (χ0v) is 23.1. The number of anilines is 1. The van der Waals surface area contributed by atoms with Gasteiger partial charge in [0.15, 0.2) is 18.1 Å². The number of carbonyl (C=O) groups excluding carboxylic acids is 3. The molecule has 0 aliphatic heterocycles. The van der Waals surface area contributed by atoms with Crippen LogP contribution >= 0.6 is 31.9 Å². The van der Waals surface area contributed by atoms with Gasteiger partial charge in [-0.15, -0.1) is 0 Å². The van der Waals surface area contributed by atoms with Crippen LogP contribution in [0.1, 0.15) is 38.3 Å². The van der Waals surface area contributed by atoms with Gasteiger partial charge in [0, 0.05) is 16.2 Å². The Labute approximate surface area is 221 Å². The van der Waals surface area contributed by atoms with E-state index >= 15 is 0 Å². The maximum absolute atomic E-state index is 12.4. The molecule has 0 fully saturated rings. The van der Waals surface area contributed by atoms with E-state index in [1.54, 1.807) is 25.1 Å². The number of nitrogens with one attached hydrogen (secondary N) is 3. The smallest absolute Gasteiger partial charge is 0.329 e. The summed E-state index contributed by atoms with van der Waals surface area (Å²) in [5.74, 6) is -1.21. The van der Waals surface area contributed by atoms with E-state index in [1.807, 2.05) is 32.9 Å². The molecule has 11 heteroatoms. The SMILES string of the molecule is CCOc1cc(/C=N\NC(=O)C(=O)N[C@H](C)CC)cc(Br)c1OCC(=O)Nc1ccc(Br)c(C)c1. The molecule has 2 aromatic rings. The summed E-state index contributed by atoms with van der Waals surface area (Å²) in [5.41, 5.74) is 4.42. The third kappa shape index (κ3) is 8.99. The van der Waals surface area contributed by atoms with E-state index in [1.165, 1.54) is 6.21 Å². The van der Waals surface area contributed by atoms with Crippen molar-refractivity contribution < 1.29 is 23.9 Å². The van der Waals surface area contributed by atoms with Gasteiger partial charge in [-0.05, 0) is 84.6 Å². The van der Waals surface area contributed by atoms with Crippen LogP contribution in [0.4, 0.5) is 5.69 Å². The van der Waals surface area contributed by atoms with Crippen LogP contribution in [0.15, 0.2) is 44.4 Å². The highest BCUT2D eigenvalue weighted by atomic mass is 79.9. The van der Waals surface area contributed by atoms with Crippen LogP contribution in [-0.4, -0.2) is 43.2 Å². The van der Waals surface area contributed by atoms with Gasteiger partial charge < -0.3 is 20.1 Å². The van der Waals surface area contributed by atoms with Gasteiger partial charge in [0.2, 0.25) is 0 Å². The molecule has 2 aromatic carbocycles. The second kappa shape index (κ2) is 13.8. The summed E-state index contributed by atoms with van der Waals surface area (Å²) in [6.45, 7) is 7.58. The van der Waals surface area contributed by atoms with Crippen molar-refractivity contribution in [1.82, 2.24) is 10.7 Å². The predicted molar refractivity (Wildman–Crippen MR) is 142 cm³/mol. The predicted octanol–water partition coefficient (Wildman–Crippen LogP) is 4.30. The number of hydrogen-bond donors (Lipinski definition) is 3. The Morgan fingerprint density at radius 2 is 1.80 bits per heavy atom. The highest BCUT2D eigenvalue weighted by molar-refractivity contribution is 9.10. The third-order valence-electron chi connectivity index (χ3n) is 4.70. The number of carbonyl (C=O) groups is 3. The van der Waals surface area contributed by atoms with Crippen molar-refractivity contribution in [3.63, 3.8) is 0 Å². The molecule has 0 aliphatic rings. The first-order valence-corrected chi connectivity index (χ1v) is 12.5. The molecule has 0 saturated heterocycles. The van der Waals surface area contributed by atoms with Crippen molar-refractivity contribution in [1.29, 1.82) is 0 Å². The van der Waals surface area contributed by atoms with Gasteiger partial charge in [0.1, 0.15) is 0 Å². The van der Waals surface area contributed by atoms with Crippen LogP contribution in [0.2, 0.25) is 0 Å². The molecule has 0 unspecified atom stereocenters. The molecule has 1 atom stereocenters. The molecule has 0 heterocycles. The van der Waals surface area contributed by atoms with Crippen molar-refractivity contribution in [3.8, 4) is 11.5 Å². The van der Waals surface area contributed by atoms with Gasteiger partial charge in [-0.3, -0.25) is 14.4 Å². The minimum atomic E-state index is -0.863. The lowest BCUT2D eigenvalue weighted by Gasteiger charge is -2.15. The van der Waals surface area contributed by atoms with Crippen LogP contribution in [0.3, 0.4) is 0 Å². The highest BCUT2D eigenvalue weighted by Crippen LogP contribution is 2.36. The molecule has 0 spiro atoms. The molecule has 0 aromatic heterocycles. The average molecular weight is 612 g/mol. The Morgan fingerprint density at radius 1 is 1.06 bits per heavy atom. The van der Waals surface area contributed by atoms with E-state index < -0.39 is 11.8 Å². The van der Waals surface area contributed by atoms with Crippen LogP contribution in [0.5, 0.6) is 11.5 Å². The van der Waals surface area contributed by atoms with E-state index in [0.717, 1.165) is 10.0 Å². The van der Waals surface area contributed by atoms with E-state index in [4.69, 9.17) is 9.47 Å². The lowest BCUT2D eigenvalue weighted by Crippen LogP contribution is -2.41. The first-order valence-electron chi connectivity index (χ1n) is 10.9. The Bertz CT molecular complexity index is 1110. The van der Waals surface area contributed by atoms with Gasteiger partial charge in [-0.25, -0.2) is 5.43 Å². The van der Waals surface area contributed by atoms with E-state index in [-0.39, 0.29) is 18.6 Å². The number of nitrogens with zero attached hydrogens (tertiary/aromatic N) is 1. The summed E-state index contributed by atoms with van der Waals surface area (Å²) >= 11 is 6.86. The molecule has 188 valence electrons. The number of aryl methyl sites for hydroxylation is 1. The summed E-state index contributed by atoms with van der Waals surface area (Å²) in [6.07, 6.45) is 2.07. The van der Waals surface area contributed by atoms with Crippen LogP contribution in [0, 0.1) is 6.92 Å². The molecule has 9 nitrogen and oxygen atoms in total. The summed E-state index contributed by atoms with van der Waals surface area (Å²) < 4.78 is 12.9. The van der Waals surface area contributed by atoms with Gasteiger partial charge in [-0.1, -0.05) is 22.9 Å². The molecule has 0 saturated carbocycles. The Kier molecular flexibility index (Phi) is 11.2. The molecule has 3 N–H and O–H groups in total. The lowest BCUT2D eigenvalue weighted by atomic mass is 10.2. The van der Waals surface area contributed by atoms with Gasteiger partial charge in [0.25, 0.3) is 5.91 Å². The number of amides is 3. The molecule has 0 radical (unpaired) electrons. The standard InChI is InChI=1S/C24H28Br2N4O5/c1-5-15(4)28-23(32)24(33)30-27-12-16-10-19(26)22(20(11-16)34-6-2)35-13-21(31)29-17-7-8-18(25)14(3)9-17/h7-12,15H,5-6,13H2,1-4H3,(H,28,32)(H,29,31)(H,30,33)/b27-12-/t15-/m1/s1. The average Bonchev–Trinajstić information content (AvgIpc) is 2.80. The number of hydrazone groups is 1. The van der Waals surface area contributed by atoms with Crippen LogP contribution < -0.4 is 25.5 Å². The van der Waals surface area contributed by atoms with Gasteiger partial charge >= 0.3 is 11.8 Å². The zero-order chi connectivity index (χ0) is 26.0. The summed E-state index contributed by atoms with van der Waals surface area (Å²) in [5, 5.41) is 9.18. The maximum atomic E-state index is 12.4. The van der Waals surface area contributed by atoms with Crippen LogP contribution in [0.25, 0.3) is 0 Å². The number of halogens is 2. The summed E-state index contributed by atoms with van der Waals surface area (Å²) in [4.78, 5) is 36.0. The van der Waals surface area contributed by atoms with Crippen molar-refractivity contribution >= 4 is 61.5 Å². The lowest BCUT2D eigenvalue weighted by molar-refractivity contribution is -0.139. The fourth-order valence-corrected chi connectivity index (χ4v) is 3.55. The quantitative estimate of drug-likeness (QED) is 0.210. The Morgan fingerprint density at radius 3 is 2.46 bits per heavy atom. The topological polar surface area (TPSA) is 118 Å². The molecule has 0 bridgehead atoms. The minimum absolute atomic E-state index is 0.115. The van der Waals surface area contributed by atoms with Crippen molar-refractivity contribution in [2.45, 2.75) is 40.2 Å². The van der Waals surface area contributed by atoms with E-state index in [2.05, 4.69) is 53.0 Å². The number of rotatable bonds is 10. The normalized spacial score (nSPS) is 11.6. The third-order valence-corrected chi connectivity index (χ3v) is 6.18. The fourth-order valence-electron chi connectivity index (χ4n) is 2.73. The molecule has 35 heavy (non-hydrogen) atoms. The summed E-state index contributed by atoms with van der Waals surface area (Å²) in [6, 6.07) is 8.71. The van der Waals surface area contributed by atoms with Gasteiger partial charge in [-0.2, -0.15) is 5.10 Å². The molecular formula is C24H28Br2N4O5. The Hall–Kier alpha value is -2.92. The molecule has 0 aliphatic carbocycles. The van der Waals surface area contributed by atoms with Crippen molar-refractivity contribution in [2.75, 3.05) is 18.5 Å². The highest BCUT2D eigenvalue weighted by Gasteiger charge is 2.16. The van der Waals surface area contributed by atoms with E-state index in [0.29, 0.717) is 40.3 Å². The second-order valence-corrected chi connectivity index (χ2v) is 9.25. The Balaban J connectivity index is 2.04. The number of ether oxygens (including phenoxy) is 2. The molecule has 3 amide bonds. The first kappa shape index (κ1) is 28.3. The zero-order valence-electron chi connectivity index (χ0n) is 19.9. The monoisotopic (exact) mass is 610 g/mol. The molecule has 2 rings (SSSR count). The van der Waals surface area contributed by atoms with E-state index in [9.17, 15) is 14.4 Å². The number of hydrogen-bond acceptors (Lipinski definition) is 6. The van der Waals surface area contributed by atoms with Crippen LogP contribution in [-0.2, 0) is 14.4 Å². The van der Waals surface area contributed by atoms with Gasteiger partial charge in [0.05, 0.1) is 17.3 Å². The summed E-state index contributed by atoms with van der Waals surface area (Å²) in [7, 11) is 0.